The zero-order chi connectivity index (χ0) is 15.9. The summed E-state index contributed by atoms with van der Waals surface area (Å²) in [6, 6.07) is 5.53. The van der Waals surface area contributed by atoms with E-state index in [1.807, 2.05) is 6.92 Å². The second-order valence-corrected chi connectivity index (χ2v) is 6.51. The Morgan fingerprint density at radius 2 is 1.90 bits per heavy atom. The topological polar surface area (TPSA) is 101 Å². The number of rotatable bonds is 8. The molecule has 0 aliphatic heterocycles. The maximum atomic E-state index is 12.2. The molecular weight excluding hydrogens is 290 g/mol. The molecule has 1 amide bonds. The third-order valence-corrected chi connectivity index (χ3v) is 4.70. The van der Waals surface area contributed by atoms with Gasteiger partial charge in [-0.05, 0) is 30.7 Å². The number of amides is 1. The van der Waals surface area contributed by atoms with Gasteiger partial charge in [-0.2, -0.15) is 0 Å². The summed E-state index contributed by atoms with van der Waals surface area (Å²) < 4.78 is 27.1. The highest BCUT2D eigenvalue weighted by molar-refractivity contribution is 7.89. The number of carbonyl (C=O) groups is 1. The van der Waals surface area contributed by atoms with Gasteiger partial charge in [0.05, 0.1) is 4.90 Å². The minimum Gasteiger partial charge on any atom is -0.355 e. The summed E-state index contributed by atoms with van der Waals surface area (Å²) >= 11 is 0. The summed E-state index contributed by atoms with van der Waals surface area (Å²) in [5.41, 5.74) is 6.02. The van der Waals surface area contributed by atoms with E-state index >= 15 is 0 Å². The molecule has 0 radical (unpaired) electrons. The molecule has 0 heterocycles. The second kappa shape index (κ2) is 8.11. The number of hydrogen-bond acceptors (Lipinski definition) is 4. The Bertz CT molecular complexity index is 555. The van der Waals surface area contributed by atoms with Gasteiger partial charge in [-0.15, -0.1) is 0 Å². The van der Waals surface area contributed by atoms with Gasteiger partial charge in [0.15, 0.2) is 0 Å². The smallest absolute Gasteiger partial charge is 0.251 e. The van der Waals surface area contributed by atoms with Crippen LogP contribution in [0.3, 0.4) is 0 Å². The summed E-state index contributed by atoms with van der Waals surface area (Å²) in [6.45, 7) is 2.30. The molecule has 0 aliphatic rings. The van der Waals surface area contributed by atoms with Crippen molar-refractivity contribution in [2.45, 2.75) is 37.1 Å². The van der Waals surface area contributed by atoms with E-state index in [1.54, 1.807) is 0 Å². The van der Waals surface area contributed by atoms with E-state index in [4.69, 9.17) is 5.73 Å². The molecule has 4 N–H and O–H groups in total. The highest BCUT2D eigenvalue weighted by Gasteiger charge is 2.19. The van der Waals surface area contributed by atoms with Crippen molar-refractivity contribution in [1.29, 1.82) is 0 Å². The molecule has 0 saturated carbocycles. The summed E-state index contributed by atoms with van der Waals surface area (Å²) in [6.07, 6.45) is 2.61. The average molecular weight is 313 g/mol. The molecule has 0 fully saturated rings. The van der Waals surface area contributed by atoms with Gasteiger partial charge in [0.25, 0.3) is 5.91 Å². The van der Waals surface area contributed by atoms with Crippen molar-refractivity contribution in [3.63, 3.8) is 0 Å². The Morgan fingerprint density at radius 1 is 1.29 bits per heavy atom. The largest absolute Gasteiger partial charge is 0.355 e. The number of benzene rings is 1. The molecule has 7 heteroatoms. The van der Waals surface area contributed by atoms with Crippen LogP contribution < -0.4 is 15.8 Å². The van der Waals surface area contributed by atoms with E-state index in [2.05, 4.69) is 10.0 Å². The van der Waals surface area contributed by atoms with Crippen molar-refractivity contribution in [3.05, 3.63) is 29.8 Å². The number of nitrogens with two attached hydrogens (primary N) is 1. The van der Waals surface area contributed by atoms with Crippen molar-refractivity contribution < 1.29 is 13.2 Å². The molecule has 0 aromatic heterocycles. The van der Waals surface area contributed by atoms with Gasteiger partial charge in [-0.25, -0.2) is 13.1 Å². The van der Waals surface area contributed by atoms with Gasteiger partial charge in [0.1, 0.15) is 0 Å². The van der Waals surface area contributed by atoms with Gasteiger partial charge in [0.2, 0.25) is 10.0 Å². The standard InChI is InChI=1S/C14H23N3O3S/c1-3-4-5-12(10-15)17-21(19,20)13-8-6-11(7-9-13)14(18)16-2/h6-9,12,17H,3-5,10,15H2,1-2H3,(H,16,18). The molecule has 6 nitrogen and oxygen atoms in total. The maximum absolute atomic E-state index is 12.2. The summed E-state index contributed by atoms with van der Waals surface area (Å²) in [4.78, 5) is 11.6. The number of sulfonamides is 1. The zero-order valence-corrected chi connectivity index (χ0v) is 13.2. The predicted molar refractivity (Wildman–Crippen MR) is 82.5 cm³/mol. The summed E-state index contributed by atoms with van der Waals surface area (Å²) in [5, 5.41) is 2.48. The van der Waals surface area contributed by atoms with Crippen LogP contribution in [0.5, 0.6) is 0 Å². The fourth-order valence-electron chi connectivity index (χ4n) is 1.89. The van der Waals surface area contributed by atoms with Crippen LogP contribution in [0.15, 0.2) is 29.2 Å². The molecule has 0 saturated heterocycles. The molecule has 118 valence electrons. The SMILES string of the molecule is CCCCC(CN)NS(=O)(=O)c1ccc(C(=O)NC)cc1. The Morgan fingerprint density at radius 3 is 2.38 bits per heavy atom. The number of carbonyl (C=O) groups excluding carboxylic acids is 1. The average Bonchev–Trinajstić information content (AvgIpc) is 2.50. The lowest BCUT2D eigenvalue weighted by Gasteiger charge is -2.16. The highest BCUT2D eigenvalue weighted by atomic mass is 32.2. The van der Waals surface area contributed by atoms with Crippen molar-refractivity contribution >= 4 is 15.9 Å². The minimum absolute atomic E-state index is 0.130. The van der Waals surface area contributed by atoms with E-state index in [0.29, 0.717) is 12.0 Å². The first-order valence-electron chi connectivity index (χ1n) is 6.99. The van der Waals surface area contributed by atoms with E-state index in [0.717, 1.165) is 12.8 Å². The Balaban J connectivity index is 2.84. The second-order valence-electron chi connectivity index (χ2n) is 4.80. The zero-order valence-electron chi connectivity index (χ0n) is 12.4. The van der Waals surface area contributed by atoms with Crippen LogP contribution in [0.1, 0.15) is 36.5 Å². The van der Waals surface area contributed by atoms with E-state index in [9.17, 15) is 13.2 Å². The van der Waals surface area contributed by atoms with E-state index in [-0.39, 0.29) is 23.4 Å². The van der Waals surface area contributed by atoms with Gasteiger partial charge in [0, 0.05) is 25.2 Å². The molecular formula is C14H23N3O3S. The van der Waals surface area contributed by atoms with E-state index in [1.165, 1.54) is 31.3 Å². The maximum Gasteiger partial charge on any atom is 0.251 e. The van der Waals surface area contributed by atoms with Crippen molar-refractivity contribution in [1.82, 2.24) is 10.0 Å². The normalized spacial score (nSPS) is 12.9. The van der Waals surface area contributed by atoms with Crippen molar-refractivity contribution in [2.24, 2.45) is 5.73 Å². The fraction of sp³-hybridized carbons (Fsp3) is 0.500. The van der Waals surface area contributed by atoms with E-state index < -0.39 is 10.0 Å². The Labute approximate surface area is 126 Å². The molecule has 0 aliphatic carbocycles. The molecule has 1 aromatic carbocycles. The highest BCUT2D eigenvalue weighted by Crippen LogP contribution is 2.12. The molecule has 0 spiro atoms. The molecule has 1 aromatic rings. The molecule has 1 rings (SSSR count). The molecule has 1 unspecified atom stereocenters. The van der Waals surface area contributed by atoms with Gasteiger partial charge in [-0.3, -0.25) is 4.79 Å². The molecule has 21 heavy (non-hydrogen) atoms. The van der Waals surface area contributed by atoms with Crippen LogP contribution in [0.2, 0.25) is 0 Å². The van der Waals surface area contributed by atoms with Crippen LogP contribution in [0.25, 0.3) is 0 Å². The summed E-state index contributed by atoms with van der Waals surface area (Å²) in [7, 11) is -2.09. The first kappa shape index (κ1) is 17.6. The first-order valence-corrected chi connectivity index (χ1v) is 8.47. The van der Waals surface area contributed by atoms with Gasteiger partial charge < -0.3 is 11.1 Å². The predicted octanol–water partition coefficient (Wildman–Crippen LogP) is 0.842. The number of unbranched alkanes of at least 4 members (excludes halogenated alkanes) is 1. The molecule has 0 bridgehead atoms. The lowest BCUT2D eigenvalue weighted by Crippen LogP contribution is -2.40. The van der Waals surface area contributed by atoms with Crippen LogP contribution >= 0.6 is 0 Å². The van der Waals surface area contributed by atoms with Crippen LogP contribution in [0.4, 0.5) is 0 Å². The minimum atomic E-state index is -3.61. The van der Waals surface area contributed by atoms with Crippen LogP contribution in [0, 0.1) is 0 Å². The number of hydrogen-bond donors (Lipinski definition) is 3. The van der Waals surface area contributed by atoms with Crippen LogP contribution in [-0.2, 0) is 10.0 Å². The van der Waals surface area contributed by atoms with Crippen LogP contribution in [-0.4, -0.2) is 34.0 Å². The Kier molecular flexibility index (Phi) is 6.80. The quantitative estimate of drug-likeness (QED) is 0.662. The third kappa shape index (κ3) is 5.11. The van der Waals surface area contributed by atoms with Crippen molar-refractivity contribution in [2.75, 3.05) is 13.6 Å². The first-order chi connectivity index (χ1) is 9.94. The number of nitrogens with one attached hydrogen (secondary N) is 2. The lowest BCUT2D eigenvalue weighted by molar-refractivity contribution is 0.0963. The Hall–Kier alpha value is -1.44. The fourth-order valence-corrected chi connectivity index (χ4v) is 3.18. The van der Waals surface area contributed by atoms with Gasteiger partial charge in [-0.1, -0.05) is 19.8 Å². The van der Waals surface area contributed by atoms with Crippen molar-refractivity contribution in [3.8, 4) is 0 Å². The molecule has 1 atom stereocenters. The summed E-state index contributed by atoms with van der Waals surface area (Å²) in [5.74, 6) is -0.255. The third-order valence-electron chi connectivity index (χ3n) is 3.17. The lowest BCUT2D eigenvalue weighted by atomic mass is 10.1. The monoisotopic (exact) mass is 313 g/mol. The van der Waals surface area contributed by atoms with Gasteiger partial charge >= 0.3 is 0 Å².